The number of hydrogen-bond acceptors (Lipinski definition) is 3. The first kappa shape index (κ1) is 10.4. The molecule has 1 aromatic rings. The van der Waals surface area contributed by atoms with Gasteiger partial charge in [-0.3, -0.25) is 0 Å². The molecule has 0 bridgehead atoms. The minimum absolute atomic E-state index is 0.584. The van der Waals surface area contributed by atoms with Crippen molar-refractivity contribution >= 4 is 12.1 Å². The molecule has 0 amide bonds. The molecule has 0 saturated heterocycles. The molecule has 0 saturated carbocycles. The first-order chi connectivity index (χ1) is 7.86. The molecule has 3 heteroatoms. The van der Waals surface area contributed by atoms with Gasteiger partial charge in [-0.2, -0.15) is 5.26 Å². The third kappa shape index (κ3) is 1.82. The summed E-state index contributed by atoms with van der Waals surface area (Å²) in [7, 11) is 0. The molecule has 1 aromatic carbocycles. The van der Waals surface area contributed by atoms with Crippen LogP contribution >= 0.6 is 0 Å². The van der Waals surface area contributed by atoms with E-state index in [-0.39, 0.29) is 0 Å². The molecule has 0 aliphatic heterocycles. The Hall–Kier alpha value is -2.08. The topological polar surface area (TPSA) is 45.4 Å². The van der Waals surface area contributed by atoms with E-state index in [9.17, 15) is 0 Å². The molecule has 80 valence electrons. The van der Waals surface area contributed by atoms with Gasteiger partial charge < -0.3 is 4.74 Å². The van der Waals surface area contributed by atoms with Crippen molar-refractivity contribution in [3.05, 3.63) is 41.0 Å². The Morgan fingerprint density at radius 1 is 1.50 bits per heavy atom. The number of benzene rings is 1. The van der Waals surface area contributed by atoms with E-state index in [0.29, 0.717) is 18.6 Å². The monoisotopic (exact) mass is 212 g/mol. The molecule has 0 unspecified atom stereocenters. The molecule has 0 aromatic heterocycles. The quantitative estimate of drug-likeness (QED) is 0.571. The second-order valence-electron chi connectivity index (χ2n) is 3.46. The maximum Gasteiger partial charge on any atom is 0.174 e. The molecule has 0 heterocycles. The van der Waals surface area contributed by atoms with Crippen molar-refractivity contribution in [1.82, 2.24) is 0 Å². The summed E-state index contributed by atoms with van der Waals surface area (Å²) < 4.78 is 5.07. The molecule has 16 heavy (non-hydrogen) atoms. The maximum absolute atomic E-state index is 9.04. The first-order valence-electron chi connectivity index (χ1n) is 5.22. The Morgan fingerprint density at radius 2 is 2.31 bits per heavy atom. The largest absolute Gasteiger partial charge is 0.483 e. The van der Waals surface area contributed by atoms with Gasteiger partial charge in [0.1, 0.15) is 0 Å². The molecular formula is C13H12N2O. The zero-order valence-electron chi connectivity index (χ0n) is 9.10. The Balaban J connectivity index is 2.36. The third-order valence-electron chi connectivity index (χ3n) is 2.48. The second-order valence-corrected chi connectivity index (χ2v) is 3.46. The van der Waals surface area contributed by atoms with Gasteiger partial charge in [-0.25, -0.2) is 4.99 Å². The van der Waals surface area contributed by atoms with Gasteiger partial charge in [0.25, 0.3) is 0 Å². The van der Waals surface area contributed by atoms with Crippen LogP contribution in [0.1, 0.15) is 18.1 Å². The van der Waals surface area contributed by atoms with E-state index >= 15 is 0 Å². The van der Waals surface area contributed by atoms with Crippen LogP contribution in [-0.2, 0) is 11.2 Å². The molecule has 0 spiro atoms. The highest BCUT2D eigenvalue weighted by atomic mass is 16.5. The lowest BCUT2D eigenvalue weighted by atomic mass is 10.1. The summed E-state index contributed by atoms with van der Waals surface area (Å²) >= 11 is 0. The highest BCUT2D eigenvalue weighted by Gasteiger charge is 2.20. The van der Waals surface area contributed by atoms with Crippen molar-refractivity contribution in [2.24, 2.45) is 4.99 Å². The van der Waals surface area contributed by atoms with Crippen LogP contribution in [0.3, 0.4) is 0 Å². The number of rotatable bonds is 3. The lowest BCUT2D eigenvalue weighted by molar-refractivity contribution is 0.344. The van der Waals surface area contributed by atoms with Crippen molar-refractivity contribution in [2.75, 3.05) is 6.61 Å². The van der Waals surface area contributed by atoms with E-state index in [2.05, 4.69) is 11.1 Å². The van der Waals surface area contributed by atoms with Crippen LogP contribution in [-0.4, -0.2) is 13.0 Å². The standard InChI is InChI=1S/C13H12N2O/c1-2-16-9-15-13-11(8-14)7-10-5-3-4-6-12(10)13/h3-6,9H,2,7H2,1H3. The number of nitrogens with zero attached hydrogens (tertiary/aromatic N) is 2. The number of ether oxygens (including phenoxy) is 1. The highest BCUT2D eigenvalue weighted by molar-refractivity contribution is 5.81. The fourth-order valence-corrected chi connectivity index (χ4v) is 1.75. The van der Waals surface area contributed by atoms with E-state index in [1.165, 1.54) is 6.40 Å². The molecular weight excluding hydrogens is 200 g/mol. The first-order valence-corrected chi connectivity index (χ1v) is 5.22. The predicted octanol–water partition coefficient (Wildman–Crippen LogP) is 2.54. The van der Waals surface area contributed by atoms with Crippen LogP contribution in [0.25, 0.3) is 5.70 Å². The van der Waals surface area contributed by atoms with Gasteiger partial charge >= 0.3 is 0 Å². The SMILES string of the molecule is CCOC=NC1=C(C#N)Cc2ccccc21. The van der Waals surface area contributed by atoms with E-state index in [4.69, 9.17) is 10.00 Å². The molecule has 1 aliphatic carbocycles. The van der Waals surface area contributed by atoms with E-state index in [0.717, 1.165) is 16.8 Å². The van der Waals surface area contributed by atoms with Gasteiger partial charge in [0.05, 0.1) is 23.9 Å². The molecule has 0 N–H and O–H groups in total. The summed E-state index contributed by atoms with van der Waals surface area (Å²) in [6.07, 6.45) is 2.08. The van der Waals surface area contributed by atoms with Gasteiger partial charge in [-0.05, 0) is 12.5 Å². The van der Waals surface area contributed by atoms with Gasteiger partial charge in [-0.1, -0.05) is 24.3 Å². The number of hydrogen-bond donors (Lipinski definition) is 0. The summed E-state index contributed by atoms with van der Waals surface area (Å²) in [5.41, 5.74) is 3.64. The van der Waals surface area contributed by atoms with Crippen LogP contribution in [0, 0.1) is 11.3 Å². The predicted molar refractivity (Wildman–Crippen MR) is 62.8 cm³/mol. The second kappa shape index (κ2) is 4.63. The highest BCUT2D eigenvalue weighted by Crippen LogP contribution is 2.32. The Morgan fingerprint density at radius 3 is 3.06 bits per heavy atom. The molecule has 0 fully saturated rings. The zero-order chi connectivity index (χ0) is 11.4. The summed E-state index contributed by atoms with van der Waals surface area (Å²) in [5.74, 6) is 0. The lowest BCUT2D eigenvalue weighted by Gasteiger charge is -1.99. The molecule has 2 rings (SSSR count). The average Bonchev–Trinajstić information content (AvgIpc) is 2.68. The Labute approximate surface area is 94.7 Å². The van der Waals surface area contributed by atoms with Gasteiger partial charge in [0.15, 0.2) is 6.40 Å². The van der Waals surface area contributed by atoms with Crippen molar-refractivity contribution in [3.8, 4) is 6.07 Å². The van der Waals surface area contributed by atoms with Gasteiger partial charge in [-0.15, -0.1) is 0 Å². The van der Waals surface area contributed by atoms with Crippen LogP contribution < -0.4 is 0 Å². The minimum Gasteiger partial charge on any atom is -0.483 e. The fraction of sp³-hybridized carbons (Fsp3) is 0.231. The van der Waals surface area contributed by atoms with E-state index in [1.54, 1.807) is 0 Å². The van der Waals surface area contributed by atoms with Crippen molar-refractivity contribution in [1.29, 1.82) is 5.26 Å². The smallest absolute Gasteiger partial charge is 0.174 e. The lowest BCUT2D eigenvalue weighted by Crippen LogP contribution is -1.87. The van der Waals surface area contributed by atoms with E-state index in [1.807, 2.05) is 31.2 Å². The van der Waals surface area contributed by atoms with Crippen LogP contribution in [0.15, 0.2) is 34.8 Å². The molecule has 0 radical (unpaired) electrons. The molecule has 0 atom stereocenters. The molecule has 3 nitrogen and oxygen atoms in total. The van der Waals surface area contributed by atoms with Crippen LogP contribution in [0.5, 0.6) is 0 Å². The van der Waals surface area contributed by atoms with Crippen LogP contribution in [0.4, 0.5) is 0 Å². The van der Waals surface area contributed by atoms with Crippen molar-refractivity contribution in [3.63, 3.8) is 0 Å². The molecule has 1 aliphatic rings. The van der Waals surface area contributed by atoms with Gasteiger partial charge in [0.2, 0.25) is 0 Å². The average molecular weight is 212 g/mol. The van der Waals surface area contributed by atoms with E-state index < -0.39 is 0 Å². The third-order valence-corrected chi connectivity index (χ3v) is 2.48. The summed E-state index contributed by atoms with van der Waals surface area (Å²) in [6.45, 7) is 2.48. The Kier molecular flexibility index (Phi) is 3.02. The number of aliphatic imine (C=N–C) groups is 1. The summed E-state index contributed by atoms with van der Waals surface area (Å²) in [4.78, 5) is 4.22. The normalized spacial score (nSPS) is 14.0. The number of nitriles is 1. The zero-order valence-corrected chi connectivity index (χ0v) is 9.10. The fourth-order valence-electron chi connectivity index (χ4n) is 1.75. The van der Waals surface area contributed by atoms with Crippen molar-refractivity contribution in [2.45, 2.75) is 13.3 Å². The number of allylic oxidation sites excluding steroid dienone is 1. The number of fused-ring (bicyclic) bond motifs is 1. The summed E-state index contributed by atoms with van der Waals surface area (Å²) in [5, 5.41) is 9.04. The minimum atomic E-state index is 0.584. The Bertz CT molecular complexity index is 495. The maximum atomic E-state index is 9.04. The van der Waals surface area contributed by atoms with Crippen LogP contribution in [0.2, 0.25) is 0 Å². The summed E-state index contributed by atoms with van der Waals surface area (Å²) in [6, 6.07) is 10.1. The van der Waals surface area contributed by atoms with Gasteiger partial charge in [0, 0.05) is 12.0 Å². The van der Waals surface area contributed by atoms with Crippen molar-refractivity contribution < 1.29 is 4.74 Å².